The average Bonchev–Trinajstić information content (AvgIpc) is 2.19. The molecule has 0 saturated heterocycles. The van der Waals surface area contributed by atoms with E-state index in [0.29, 0.717) is 5.56 Å². The van der Waals surface area contributed by atoms with E-state index in [1.54, 1.807) is 24.3 Å². The lowest BCUT2D eigenvalue weighted by atomic mass is 10.1. The van der Waals surface area contributed by atoms with Gasteiger partial charge < -0.3 is 5.73 Å². The highest BCUT2D eigenvalue weighted by atomic mass is 16.3. The zero-order valence-corrected chi connectivity index (χ0v) is 7.27. The molecule has 0 saturated carbocycles. The Morgan fingerprint density at radius 1 is 1.31 bits per heavy atom. The molecule has 0 heterocycles. The Bertz CT molecular complexity index is 272. The number of nitrogens with two attached hydrogens (primary N) is 1. The molecule has 0 aromatic heterocycles. The maximum atomic E-state index is 11.4. The van der Waals surface area contributed by atoms with E-state index in [2.05, 4.69) is 0 Å². The molecule has 1 aromatic carbocycles. The molecule has 13 heavy (non-hydrogen) atoms. The van der Waals surface area contributed by atoms with Gasteiger partial charge in [0.25, 0.3) is 0 Å². The Labute approximate surface area is 77.2 Å². The van der Waals surface area contributed by atoms with Gasteiger partial charge in [-0.15, -0.1) is 0 Å². The maximum Gasteiger partial charge on any atom is 0.164 e. The Kier molecular flexibility index (Phi) is 3.61. The quantitative estimate of drug-likeness (QED) is 0.699. The number of rotatable bonds is 4. The zero-order chi connectivity index (χ0) is 9.68. The average molecular weight is 178 g/mol. The fourth-order valence-electron chi connectivity index (χ4n) is 1.04. The number of Topliss-reactive ketones (excluding diaryl/α,β-unsaturated/α-hetero) is 1. The standard InChI is InChI=1S/C10H12NO2/c11-9(7-12)6-10(13)8-4-2-1-3-5-8/h1-5,9H,6-7,11H2. The smallest absolute Gasteiger partial charge is 0.164 e. The minimum atomic E-state index is -0.562. The Balaban J connectivity index is 2.59. The summed E-state index contributed by atoms with van der Waals surface area (Å²) in [7, 11) is 0. The lowest BCUT2D eigenvalue weighted by molar-refractivity contribution is 0.0942. The summed E-state index contributed by atoms with van der Waals surface area (Å²) in [6.07, 6.45) is 0.132. The van der Waals surface area contributed by atoms with Gasteiger partial charge in [0.05, 0.1) is 6.61 Å². The number of carbonyl (C=O) groups is 1. The summed E-state index contributed by atoms with van der Waals surface area (Å²) in [6, 6.07) is 8.29. The van der Waals surface area contributed by atoms with Gasteiger partial charge in [-0.1, -0.05) is 30.3 Å². The summed E-state index contributed by atoms with van der Waals surface area (Å²) in [6.45, 7) is -0.404. The van der Waals surface area contributed by atoms with Crippen molar-refractivity contribution in [3.63, 3.8) is 0 Å². The predicted molar refractivity (Wildman–Crippen MR) is 48.9 cm³/mol. The normalized spacial score (nSPS) is 12.5. The van der Waals surface area contributed by atoms with Crippen LogP contribution >= 0.6 is 0 Å². The first-order valence-corrected chi connectivity index (χ1v) is 4.16. The van der Waals surface area contributed by atoms with Crippen LogP contribution in [0.25, 0.3) is 0 Å². The highest BCUT2D eigenvalue weighted by Gasteiger charge is 2.10. The van der Waals surface area contributed by atoms with Crippen molar-refractivity contribution in [1.29, 1.82) is 0 Å². The lowest BCUT2D eigenvalue weighted by Crippen LogP contribution is -2.26. The van der Waals surface area contributed by atoms with E-state index < -0.39 is 12.6 Å². The summed E-state index contributed by atoms with van der Waals surface area (Å²) in [5, 5.41) is 10.3. The maximum absolute atomic E-state index is 11.4. The molecule has 1 aromatic rings. The molecule has 2 N–H and O–H groups in total. The minimum absolute atomic E-state index is 0.0658. The first kappa shape index (κ1) is 9.89. The lowest BCUT2D eigenvalue weighted by Gasteiger charge is -2.05. The monoisotopic (exact) mass is 178 g/mol. The largest absolute Gasteiger partial charge is 0.325 e. The second-order valence-electron chi connectivity index (χ2n) is 2.92. The summed E-state index contributed by atoms with van der Waals surface area (Å²) in [4.78, 5) is 11.4. The van der Waals surface area contributed by atoms with Crippen molar-refractivity contribution in [3.8, 4) is 0 Å². The first-order chi connectivity index (χ1) is 6.24. The van der Waals surface area contributed by atoms with Gasteiger partial charge in [-0.3, -0.25) is 4.79 Å². The van der Waals surface area contributed by atoms with Gasteiger partial charge in [0.1, 0.15) is 0 Å². The van der Waals surface area contributed by atoms with E-state index in [9.17, 15) is 9.90 Å². The van der Waals surface area contributed by atoms with Gasteiger partial charge in [-0.05, 0) is 0 Å². The van der Waals surface area contributed by atoms with Gasteiger partial charge in [-0.25, -0.2) is 5.11 Å². The number of hydrogen-bond acceptors (Lipinski definition) is 2. The van der Waals surface area contributed by atoms with Crippen molar-refractivity contribution >= 4 is 5.78 Å². The highest BCUT2D eigenvalue weighted by Crippen LogP contribution is 2.03. The molecule has 0 amide bonds. The van der Waals surface area contributed by atoms with Crippen LogP contribution in [0.3, 0.4) is 0 Å². The summed E-state index contributed by atoms with van der Waals surface area (Å²) < 4.78 is 0. The van der Waals surface area contributed by atoms with Crippen LogP contribution in [0, 0.1) is 0 Å². The van der Waals surface area contributed by atoms with Gasteiger partial charge in [0, 0.05) is 18.0 Å². The number of benzene rings is 1. The van der Waals surface area contributed by atoms with Crippen LogP contribution in [-0.4, -0.2) is 18.4 Å². The summed E-state index contributed by atoms with van der Waals surface area (Å²) in [5.41, 5.74) is 5.99. The van der Waals surface area contributed by atoms with E-state index >= 15 is 0 Å². The van der Waals surface area contributed by atoms with Crippen LogP contribution in [0.4, 0.5) is 0 Å². The fraction of sp³-hybridized carbons (Fsp3) is 0.300. The number of ketones is 1. The second-order valence-corrected chi connectivity index (χ2v) is 2.92. The summed E-state index contributed by atoms with van der Waals surface area (Å²) in [5.74, 6) is -0.0658. The Morgan fingerprint density at radius 3 is 2.46 bits per heavy atom. The molecule has 1 unspecified atom stereocenters. The molecule has 0 aliphatic carbocycles. The Morgan fingerprint density at radius 2 is 1.92 bits per heavy atom. The number of carbonyl (C=O) groups excluding carboxylic acids is 1. The van der Waals surface area contributed by atoms with Crippen LogP contribution < -0.4 is 5.73 Å². The Hall–Kier alpha value is -1.19. The SMILES string of the molecule is NC(C[O])CC(=O)c1ccccc1. The molecular formula is C10H12NO2. The molecule has 1 rings (SSSR count). The van der Waals surface area contributed by atoms with Crippen molar-refractivity contribution in [3.05, 3.63) is 35.9 Å². The topological polar surface area (TPSA) is 63.0 Å². The van der Waals surface area contributed by atoms with Gasteiger partial charge in [-0.2, -0.15) is 0 Å². The van der Waals surface area contributed by atoms with Gasteiger partial charge >= 0.3 is 0 Å². The van der Waals surface area contributed by atoms with Crippen molar-refractivity contribution < 1.29 is 9.90 Å². The highest BCUT2D eigenvalue weighted by molar-refractivity contribution is 5.96. The van der Waals surface area contributed by atoms with Crippen LogP contribution in [-0.2, 0) is 5.11 Å². The molecule has 0 aliphatic heterocycles. The van der Waals surface area contributed by atoms with Crippen LogP contribution in [0.5, 0.6) is 0 Å². The fourth-order valence-corrected chi connectivity index (χ4v) is 1.04. The molecule has 3 nitrogen and oxygen atoms in total. The third-order valence-corrected chi connectivity index (χ3v) is 1.76. The van der Waals surface area contributed by atoms with E-state index in [1.807, 2.05) is 6.07 Å². The third-order valence-electron chi connectivity index (χ3n) is 1.76. The van der Waals surface area contributed by atoms with E-state index in [0.717, 1.165) is 0 Å². The molecular weight excluding hydrogens is 166 g/mol. The van der Waals surface area contributed by atoms with E-state index in [-0.39, 0.29) is 12.2 Å². The van der Waals surface area contributed by atoms with Crippen molar-refractivity contribution in [2.24, 2.45) is 5.73 Å². The van der Waals surface area contributed by atoms with Crippen molar-refractivity contribution in [1.82, 2.24) is 0 Å². The van der Waals surface area contributed by atoms with E-state index in [4.69, 9.17) is 5.73 Å². The van der Waals surface area contributed by atoms with Gasteiger partial charge in [0.2, 0.25) is 0 Å². The van der Waals surface area contributed by atoms with Crippen LogP contribution in [0.1, 0.15) is 16.8 Å². The first-order valence-electron chi connectivity index (χ1n) is 4.16. The van der Waals surface area contributed by atoms with Gasteiger partial charge in [0.15, 0.2) is 5.78 Å². The summed E-state index contributed by atoms with van der Waals surface area (Å²) >= 11 is 0. The molecule has 0 aliphatic rings. The molecule has 1 radical (unpaired) electrons. The molecule has 3 heteroatoms. The third kappa shape index (κ3) is 2.97. The van der Waals surface area contributed by atoms with Crippen LogP contribution in [0.2, 0.25) is 0 Å². The van der Waals surface area contributed by atoms with Crippen molar-refractivity contribution in [2.45, 2.75) is 12.5 Å². The molecule has 69 valence electrons. The van der Waals surface area contributed by atoms with E-state index in [1.165, 1.54) is 0 Å². The van der Waals surface area contributed by atoms with Crippen molar-refractivity contribution in [2.75, 3.05) is 6.61 Å². The minimum Gasteiger partial charge on any atom is -0.325 e. The predicted octanol–water partition coefficient (Wildman–Crippen LogP) is 1.02. The molecule has 0 fully saturated rings. The second kappa shape index (κ2) is 4.74. The molecule has 0 bridgehead atoms. The number of hydrogen-bond donors (Lipinski definition) is 1. The zero-order valence-electron chi connectivity index (χ0n) is 7.27. The van der Waals surface area contributed by atoms with Crippen LogP contribution in [0.15, 0.2) is 30.3 Å². The molecule has 0 spiro atoms. The molecule has 1 atom stereocenters.